The van der Waals surface area contributed by atoms with Gasteiger partial charge in [0.15, 0.2) is 12.2 Å². The van der Waals surface area contributed by atoms with Gasteiger partial charge in [-0.15, -0.1) is 0 Å². The molecule has 3 rings (SSSR count). The van der Waals surface area contributed by atoms with Gasteiger partial charge in [-0.05, 0) is 36.4 Å². The summed E-state index contributed by atoms with van der Waals surface area (Å²) in [7, 11) is 0. The maximum absolute atomic E-state index is 12.9. The molecule has 0 spiro atoms. The zero-order valence-electron chi connectivity index (χ0n) is 15.9. The second-order valence-electron chi connectivity index (χ2n) is 6.59. The van der Waals surface area contributed by atoms with E-state index in [1.165, 1.54) is 30.3 Å². The number of pyridine rings is 1. The molecule has 0 unspecified atom stereocenters. The minimum Gasteiger partial charge on any atom is -0.384 e. The number of nitrogens with zero attached hydrogens (tertiary/aromatic N) is 2. The van der Waals surface area contributed by atoms with Gasteiger partial charge in [0.1, 0.15) is 17.3 Å². The molecule has 9 nitrogen and oxygen atoms in total. The van der Waals surface area contributed by atoms with E-state index < -0.39 is 35.9 Å². The number of hydrogen-bond acceptors (Lipinski definition) is 6. The number of aromatic nitrogens is 1. The van der Waals surface area contributed by atoms with Crippen LogP contribution in [0.1, 0.15) is 11.3 Å². The van der Waals surface area contributed by atoms with Gasteiger partial charge in [0.05, 0.1) is 13.2 Å². The van der Waals surface area contributed by atoms with Gasteiger partial charge in [0, 0.05) is 11.3 Å². The monoisotopic (exact) mass is 437 g/mol. The van der Waals surface area contributed by atoms with Gasteiger partial charge >= 0.3 is 6.18 Å². The lowest BCUT2D eigenvalue weighted by Crippen LogP contribution is -2.55. The van der Waals surface area contributed by atoms with Crippen molar-refractivity contribution in [2.45, 2.75) is 18.4 Å². The summed E-state index contributed by atoms with van der Waals surface area (Å²) in [5.41, 5.74) is 4.87. The topological polar surface area (TPSA) is 142 Å². The molecule has 12 heteroatoms. The lowest BCUT2D eigenvalue weighted by molar-refractivity contribution is -0.150. The largest absolute Gasteiger partial charge is 0.433 e. The Balaban J connectivity index is 1.73. The SMILES string of the molecule is N=C(N)c1ccc(NC(=O)[C@H](O)[C@H]2OCCN(c3cccc(C(F)(F)F)n3)C2=O)cc1. The Morgan fingerprint density at radius 3 is 2.58 bits per heavy atom. The van der Waals surface area contributed by atoms with E-state index in [0.29, 0.717) is 5.56 Å². The summed E-state index contributed by atoms with van der Waals surface area (Å²) >= 11 is 0. The van der Waals surface area contributed by atoms with Crippen molar-refractivity contribution >= 4 is 29.2 Å². The van der Waals surface area contributed by atoms with Gasteiger partial charge in [-0.1, -0.05) is 6.07 Å². The Labute approximate surface area is 174 Å². The van der Waals surface area contributed by atoms with Crippen molar-refractivity contribution in [3.63, 3.8) is 0 Å². The second kappa shape index (κ2) is 8.70. The molecule has 5 N–H and O–H groups in total. The number of carbonyl (C=O) groups is 2. The fourth-order valence-corrected chi connectivity index (χ4v) is 2.88. The number of nitrogens with one attached hydrogen (secondary N) is 2. The fraction of sp³-hybridized carbons (Fsp3) is 0.263. The smallest absolute Gasteiger partial charge is 0.384 e. The number of benzene rings is 1. The van der Waals surface area contributed by atoms with E-state index in [4.69, 9.17) is 15.9 Å². The van der Waals surface area contributed by atoms with E-state index in [1.54, 1.807) is 0 Å². The lowest BCUT2D eigenvalue weighted by atomic mass is 10.1. The van der Waals surface area contributed by atoms with Crippen LogP contribution in [-0.4, -0.2) is 53.1 Å². The number of amidine groups is 1. The Hall–Kier alpha value is -3.51. The van der Waals surface area contributed by atoms with Gasteiger partial charge in [-0.3, -0.25) is 19.9 Å². The molecular formula is C19H18F3N5O4. The molecule has 0 radical (unpaired) electrons. The summed E-state index contributed by atoms with van der Waals surface area (Å²) in [6.07, 6.45) is -8.24. The Morgan fingerprint density at radius 2 is 1.97 bits per heavy atom. The number of aliphatic hydroxyl groups is 1. The number of anilines is 2. The van der Waals surface area contributed by atoms with Gasteiger partial charge in [-0.2, -0.15) is 13.2 Å². The average molecular weight is 437 g/mol. The molecule has 0 aliphatic carbocycles. The molecule has 1 saturated heterocycles. The number of alkyl halides is 3. The number of nitrogens with two attached hydrogens (primary N) is 1. The normalized spacial score (nSPS) is 17.9. The summed E-state index contributed by atoms with van der Waals surface area (Å²) in [6.45, 7) is -0.212. The first-order valence-electron chi connectivity index (χ1n) is 8.98. The van der Waals surface area contributed by atoms with E-state index in [0.717, 1.165) is 17.0 Å². The average Bonchev–Trinajstić information content (AvgIpc) is 2.73. The summed E-state index contributed by atoms with van der Waals surface area (Å²) in [4.78, 5) is 29.5. The second-order valence-corrected chi connectivity index (χ2v) is 6.59. The number of ether oxygens (including phenoxy) is 1. The van der Waals surface area contributed by atoms with E-state index in [2.05, 4.69) is 10.3 Å². The number of carbonyl (C=O) groups excluding carboxylic acids is 2. The van der Waals surface area contributed by atoms with Crippen molar-refractivity contribution < 1.29 is 32.6 Å². The molecular weight excluding hydrogens is 419 g/mol. The third-order valence-electron chi connectivity index (χ3n) is 4.44. The number of halogens is 3. The molecule has 0 bridgehead atoms. The van der Waals surface area contributed by atoms with E-state index in [1.807, 2.05) is 0 Å². The summed E-state index contributed by atoms with van der Waals surface area (Å²) in [5, 5.41) is 20.1. The minimum atomic E-state index is -4.69. The first-order valence-corrected chi connectivity index (χ1v) is 8.98. The molecule has 1 fully saturated rings. The molecule has 1 aliphatic heterocycles. The maximum Gasteiger partial charge on any atom is 0.433 e. The first-order chi connectivity index (χ1) is 14.6. The molecule has 0 saturated carbocycles. The highest BCUT2D eigenvalue weighted by Gasteiger charge is 2.40. The quantitative estimate of drug-likeness (QED) is 0.408. The van der Waals surface area contributed by atoms with Crippen LogP contribution in [0, 0.1) is 5.41 Å². The molecule has 2 aromatic rings. The van der Waals surface area contributed by atoms with Crippen LogP contribution >= 0.6 is 0 Å². The van der Waals surface area contributed by atoms with Crippen LogP contribution < -0.4 is 16.0 Å². The van der Waals surface area contributed by atoms with Crippen LogP contribution in [-0.2, 0) is 20.5 Å². The highest BCUT2D eigenvalue weighted by molar-refractivity contribution is 6.03. The van der Waals surface area contributed by atoms with E-state index in [-0.39, 0.29) is 30.5 Å². The van der Waals surface area contributed by atoms with Crippen molar-refractivity contribution in [2.75, 3.05) is 23.4 Å². The van der Waals surface area contributed by atoms with Crippen molar-refractivity contribution in [3.8, 4) is 0 Å². The Kier molecular flexibility index (Phi) is 6.22. The van der Waals surface area contributed by atoms with Crippen LogP contribution in [0.3, 0.4) is 0 Å². The third-order valence-corrected chi connectivity index (χ3v) is 4.44. The number of hydrogen-bond donors (Lipinski definition) is 4. The Bertz CT molecular complexity index is 997. The highest BCUT2D eigenvalue weighted by atomic mass is 19.4. The van der Waals surface area contributed by atoms with Crippen molar-refractivity contribution in [1.29, 1.82) is 5.41 Å². The van der Waals surface area contributed by atoms with Crippen molar-refractivity contribution in [3.05, 3.63) is 53.7 Å². The maximum atomic E-state index is 12.9. The number of amides is 2. The zero-order valence-corrected chi connectivity index (χ0v) is 15.9. The zero-order chi connectivity index (χ0) is 22.8. The molecule has 2 heterocycles. The van der Waals surface area contributed by atoms with Crippen LogP contribution in [0.4, 0.5) is 24.7 Å². The number of rotatable bonds is 5. The predicted molar refractivity (Wildman–Crippen MR) is 103 cm³/mol. The van der Waals surface area contributed by atoms with Crippen LogP contribution in [0.15, 0.2) is 42.5 Å². The molecule has 164 valence electrons. The predicted octanol–water partition coefficient (Wildman–Crippen LogP) is 1.12. The van der Waals surface area contributed by atoms with Gasteiger partial charge in [-0.25, -0.2) is 4.98 Å². The van der Waals surface area contributed by atoms with E-state index in [9.17, 15) is 27.9 Å². The van der Waals surface area contributed by atoms with Crippen LogP contribution in [0.2, 0.25) is 0 Å². The molecule has 2 atom stereocenters. The third kappa shape index (κ3) is 4.98. The van der Waals surface area contributed by atoms with Crippen molar-refractivity contribution in [2.24, 2.45) is 5.73 Å². The number of nitrogen functional groups attached to an aromatic ring is 1. The standard InChI is InChI=1S/C19H18F3N5O4/c20-19(21,22)12-2-1-3-13(26-12)27-8-9-31-15(18(27)30)14(28)17(29)25-11-6-4-10(5-7-11)16(23)24/h1-7,14-15,28H,8-9H2,(H3,23,24)(H,25,29)/t14-,15-/m1/s1. The van der Waals surface area contributed by atoms with Gasteiger partial charge in [0.2, 0.25) is 0 Å². The first kappa shape index (κ1) is 22.2. The minimum absolute atomic E-state index is 0.0928. The van der Waals surface area contributed by atoms with Crippen LogP contribution in [0.5, 0.6) is 0 Å². The number of aliphatic hydroxyl groups excluding tert-OH is 1. The summed E-state index contributed by atoms with van der Waals surface area (Å²) in [5.74, 6) is -2.27. The molecule has 2 amide bonds. The number of morpholine rings is 1. The summed E-state index contributed by atoms with van der Waals surface area (Å²) in [6, 6.07) is 8.95. The molecule has 1 aliphatic rings. The molecule has 31 heavy (non-hydrogen) atoms. The summed E-state index contributed by atoms with van der Waals surface area (Å²) < 4.78 is 44.0. The van der Waals surface area contributed by atoms with Gasteiger partial charge in [0.25, 0.3) is 11.8 Å². The highest BCUT2D eigenvalue weighted by Crippen LogP contribution is 2.29. The molecule has 1 aromatic heterocycles. The lowest BCUT2D eigenvalue weighted by Gasteiger charge is -2.33. The fourth-order valence-electron chi connectivity index (χ4n) is 2.88. The Morgan fingerprint density at radius 1 is 1.29 bits per heavy atom. The van der Waals surface area contributed by atoms with Crippen LogP contribution in [0.25, 0.3) is 0 Å². The van der Waals surface area contributed by atoms with Crippen molar-refractivity contribution in [1.82, 2.24) is 4.98 Å². The molecule has 1 aromatic carbocycles. The van der Waals surface area contributed by atoms with Gasteiger partial charge < -0.3 is 20.9 Å². The van der Waals surface area contributed by atoms with E-state index >= 15 is 0 Å².